The summed E-state index contributed by atoms with van der Waals surface area (Å²) in [6.45, 7) is 7.09. The fourth-order valence-electron chi connectivity index (χ4n) is 1.87. The standard InChI is InChI=1S/C12H24N2O2/c1-4-12(3,8-13)11(15)14-9(2)10-6-5-7-16-10/h9-10H,4-8,13H2,1-3H3,(H,14,15). The van der Waals surface area contributed by atoms with E-state index in [1.807, 2.05) is 20.8 Å². The first kappa shape index (κ1) is 13.5. The molecule has 0 aromatic rings. The lowest BCUT2D eigenvalue weighted by atomic mass is 9.86. The second-order valence-corrected chi connectivity index (χ2v) is 4.93. The summed E-state index contributed by atoms with van der Waals surface area (Å²) < 4.78 is 5.55. The summed E-state index contributed by atoms with van der Waals surface area (Å²) >= 11 is 0. The van der Waals surface area contributed by atoms with E-state index in [0.717, 1.165) is 25.9 Å². The highest BCUT2D eigenvalue weighted by molar-refractivity contribution is 5.82. The van der Waals surface area contributed by atoms with E-state index >= 15 is 0 Å². The maximum Gasteiger partial charge on any atom is 0.227 e. The zero-order valence-corrected chi connectivity index (χ0v) is 10.6. The lowest BCUT2D eigenvalue weighted by molar-refractivity contribution is -0.131. The number of hydrogen-bond donors (Lipinski definition) is 2. The van der Waals surface area contributed by atoms with Gasteiger partial charge in [-0.25, -0.2) is 0 Å². The first-order chi connectivity index (χ1) is 7.53. The maximum absolute atomic E-state index is 12.0. The summed E-state index contributed by atoms with van der Waals surface area (Å²) in [5.74, 6) is 0.0421. The average molecular weight is 228 g/mol. The molecule has 0 radical (unpaired) electrons. The molecule has 94 valence electrons. The van der Waals surface area contributed by atoms with Crippen LogP contribution in [-0.2, 0) is 9.53 Å². The fraction of sp³-hybridized carbons (Fsp3) is 0.917. The number of ether oxygens (including phenoxy) is 1. The van der Waals surface area contributed by atoms with Gasteiger partial charge < -0.3 is 15.8 Å². The molecule has 3 atom stereocenters. The van der Waals surface area contributed by atoms with Crippen LogP contribution in [-0.4, -0.2) is 31.2 Å². The lowest BCUT2D eigenvalue weighted by Crippen LogP contribution is -2.49. The summed E-state index contributed by atoms with van der Waals surface area (Å²) in [6, 6.07) is 0.0763. The number of nitrogens with one attached hydrogen (secondary N) is 1. The van der Waals surface area contributed by atoms with Crippen molar-refractivity contribution in [2.24, 2.45) is 11.1 Å². The summed E-state index contributed by atoms with van der Waals surface area (Å²) in [5.41, 5.74) is 5.20. The highest BCUT2D eigenvalue weighted by Crippen LogP contribution is 2.21. The summed E-state index contributed by atoms with van der Waals surface area (Å²) in [4.78, 5) is 12.0. The van der Waals surface area contributed by atoms with E-state index in [2.05, 4.69) is 5.32 Å². The van der Waals surface area contributed by atoms with Crippen molar-refractivity contribution < 1.29 is 9.53 Å². The molecule has 1 amide bonds. The third-order valence-electron chi connectivity index (χ3n) is 3.66. The van der Waals surface area contributed by atoms with E-state index in [4.69, 9.17) is 10.5 Å². The Morgan fingerprint density at radius 1 is 1.69 bits per heavy atom. The minimum Gasteiger partial charge on any atom is -0.376 e. The van der Waals surface area contributed by atoms with Crippen LogP contribution in [0.25, 0.3) is 0 Å². The second-order valence-electron chi connectivity index (χ2n) is 4.93. The van der Waals surface area contributed by atoms with Crippen molar-refractivity contribution in [1.29, 1.82) is 0 Å². The van der Waals surface area contributed by atoms with E-state index in [-0.39, 0.29) is 18.1 Å². The molecule has 1 aliphatic rings. The molecule has 0 aromatic carbocycles. The smallest absolute Gasteiger partial charge is 0.227 e. The van der Waals surface area contributed by atoms with Gasteiger partial charge in [-0.05, 0) is 33.1 Å². The van der Waals surface area contributed by atoms with Crippen LogP contribution in [0.2, 0.25) is 0 Å². The Balaban J connectivity index is 2.49. The van der Waals surface area contributed by atoms with Crippen molar-refractivity contribution in [3.05, 3.63) is 0 Å². The van der Waals surface area contributed by atoms with E-state index in [9.17, 15) is 4.79 Å². The summed E-state index contributed by atoms with van der Waals surface area (Å²) in [5, 5.41) is 3.02. The quantitative estimate of drug-likeness (QED) is 0.739. The molecule has 4 nitrogen and oxygen atoms in total. The molecule has 0 aliphatic carbocycles. The van der Waals surface area contributed by atoms with Gasteiger partial charge in [-0.1, -0.05) is 6.92 Å². The van der Waals surface area contributed by atoms with Gasteiger partial charge in [0.05, 0.1) is 17.6 Å². The van der Waals surface area contributed by atoms with Gasteiger partial charge in [-0.3, -0.25) is 4.79 Å². The normalized spacial score (nSPS) is 26.1. The van der Waals surface area contributed by atoms with E-state index < -0.39 is 5.41 Å². The predicted molar refractivity (Wildman–Crippen MR) is 64.0 cm³/mol. The van der Waals surface area contributed by atoms with Crippen LogP contribution >= 0.6 is 0 Å². The highest BCUT2D eigenvalue weighted by Gasteiger charge is 2.32. The maximum atomic E-state index is 12.0. The van der Waals surface area contributed by atoms with Gasteiger partial charge >= 0.3 is 0 Å². The van der Waals surface area contributed by atoms with E-state index in [0.29, 0.717) is 6.54 Å². The molecule has 1 saturated heterocycles. The minimum absolute atomic E-state index is 0.0421. The Hall–Kier alpha value is -0.610. The number of nitrogens with two attached hydrogens (primary N) is 1. The van der Waals surface area contributed by atoms with Crippen molar-refractivity contribution in [2.45, 2.75) is 52.2 Å². The SMILES string of the molecule is CCC(C)(CN)C(=O)NC(C)C1CCCO1. The monoisotopic (exact) mass is 228 g/mol. The Labute approximate surface area is 97.9 Å². The van der Waals surface area contributed by atoms with Gasteiger partial charge in [0.15, 0.2) is 0 Å². The molecule has 1 aliphatic heterocycles. The Bertz CT molecular complexity index is 233. The first-order valence-corrected chi connectivity index (χ1v) is 6.16. The molecule has 3 unspecified atom stereocenters. The zero-order chi connectivity index (χ0) is 12.2. The highest BCUT2D eigenvalue weighted by atomic mass is 16.5. The molecular formula is C12H24N2O2. The van der Waals surface area contributed by atoms with Crippen molar-refractivity contribution in [2.75, 3.05) is 13.2 Å². The van der Waals surface area contributed by atoms with Crippen molar-refractivity contribution in [3.63, 3.8) is 0 Å². The topological polar surface area (TPSA) is 64.4 Å². The van der Waals surface area contributed by atoms with Crippen LogP contribution < -0.4 is 11.1 Å². The number of carbonyl (C=O) groups is 1. The minimum atomic E-state index is -0.452. The largest absolute Gasteiger partial charge is 0.376 e. The van der Waals surface area contributed by atoms with Crippen LogP contribution in [0.15, 0.2) is 0 Å². The number of amides is 1. The average Bonchev–Trinajstić information content (AvgIpc) is 2.81. The molecule has 0 spiro atoms. The third-order valence-corrected chi connectivity index (χ3v) is 3.66. The van der Waals surface area contributed by atoms with Crippen molar-refractivity contribution >= 4 is 5.91 Å². The Morgan fingerprint density at radius 3 is 2.81 bits per heavy atom. The first-order valence-electron chi connectivity index (χ1n) is 6.16. The predicted octanol–water partition coefficient (Wildman–Crippen LogP) is 1.05. The van der Waals surface area contributed by atoms with Crippen LogP contribution in [0.4, 0.5) is 0 Å². The molecule has 16 heavy (non-hydrogen) atoms. The zero-order valence-electron chi connectivity index (χ0n) is 10.6. The molecule has 0 bridgehead atoms. The van der Waals surface area contributed by atoms with Gasteiger partial charge in [0.25, 0.3) is 0 Å². The van der Waals surface area contributed by atoms with Gasteiger partial charge in [0.2, 0.25) is 5.91 Å². The van der Waals surface area contributed by atoms with Crippen molar-refractivity contribution in [1.82, 2.24) is 5.32 Å². The second kappa shape index (κ2) is 5.64. The number of carbonyl (C=O) groups excluding carboxylic acids is 1. The number of hydrogen-bond acceptors (Lipinski definition) is 3. The fourth-order valence-corrected chi connectivity index (χ4v) is 1.87. The van der Waals surface area contributed by atoms with Crippen molar-refractivity contribution in [3.8, 4) is 0 Å². The van der Waals surface area contributed by atoms with Crippen LogP contribution in [0.1, 0.15) is 40.0 Å². The summed E-state index contributed by atoms with van der Waals surface area (Å²) in [6.07, 6.45) is 3.05. The Morgan fingerprint density at radius 2 is 2.38 bits per heavy atom. The van der Waals surface area contributed by atoms with Crippen LogP contribution in [0.5, 0.6) is 0 Å². The lowest BCUT2D eigenvalue weighted by Gasteiger charge is -2.29. The molecule has 3 N–H and O–H groups in total. The molecule has 1 fully saturated rings. The summed E-state index contributed by atoms with van der Waals surface area (Å²) in [7, 11) is 0. The number of rotatable bonds is 5. The molecule has 4 heteroatoms. The molecule has 0 saturated carbocycles. The van der Waals surface area contributed by atoms with Crippen LogP contribution in [0, 0.1) is 5.41 Å². The molecule has 1 rings (SSSR count). The molecular weight excluding hydrogens is 204 g/mol. The third kappa shape index (κ3) is 2.95. The van der Waals surface area contributed by atoms with E-state index in [1.54, 1.807) is 0 Å². The van der Waals surface area contributed by atoms with Gasteiger partial charge in [0.1, 0.15) is 0 Å². The van der Waals surface area contributed by atoms with Gasteiger partial charge in [-0.2, -0.15) is 0 Å². The van der Waals surface area contributed by atoms with Crippen LogP contribution in [0.3, 0.4) is 0 Å². The Kier molecular flexibility index (Phi) is 4.74. The van der Waals surface area contributed by atoms with E-state index in [1.165, 1.54) is 0 Å². The molecule has 0 aromatic heterocycles. The van der Waals surface area contributed by atoms with Gasteiger partial charge in [-0.15, -0.1) is 0 Å². The molecule has 1 heterocycles. The van der Waals surface area contributed by atoms with Gasteiger partial charge in [0, 0.05) is 13.2 Å².